The van der Waals surface area contributed by atoms with E-state index < -0.39 is 10.0 Å². The average Bonchev–Trinajstić information content (AvgIpc) is 3.43. The first-order valence-electron chi connectivity index (χ1n) is 14.2. The maximum atomic E-state index is 14.2. The van der Waals surface area contributed by atoms with Crippen molar-refractivity contribution >= 4 is 21.1 Å². The van der Waals surface area contributed by atoms with E-state index in [2.05, 4.69) is 16.0 Å². The monoisotopic (exact) mass is 592 g/mol. The van der Waals surface area contributed by atoms with Crippen molar-refractivity contribution in [1.29, 1.82) is 5.26 Å². The maximum Gasteiger partial charge on any atom is 0.269 e. The summed E-state index contributed by atoms with van der Waals surface area (Å²) in [4.78, 5) is 6.83. The number of ether oxygens (including phenoxy) is 2. The first kappa shape index (κ1) is 28.6. The predicted molar refractivity (Wildman–Crippen MR) is 166 cm³/mol. The highest BCUT2D eigenvalue weighted by molar-refractivity contribution is 7.90. The van der Waals surface area contributed by atoms with Gasteiger partial charge in [0.1, 0.15) is 17.9 Å². The SMILES string of the molecule is CN(C)Cc1cccc(-c2cc3c(-c4ccc(OC5CCOCC5)c(C#N)c4)ccnc3n2S(=O)(=O)c2ccccc2)c1. The number of aromatic nitrogens is 2. The summed E-state index contributed by atoms with van der Waals surface area (Å²) in [5.41, 5.74) is 4.61. The van der Waals surface area contributed by atoms with Gasteiger partial charge in [0.15, 0.2) is 5.65 Å². The summed E-state index contributed by atoms with van der Waals surface area (Å²) < 4.78 is 41.3. The molecule has 1 saturated heterocycles. The molecule has 6 rings (SSSR count). The van der Waals surface area contributed by atoms with E-state index in [9.17, 15) is 13.7 Å². The van der Waals surface area contributed by atoms with E-state index in [1.54, 1.807) is 42.6 Å². The topological polar surface area (TPSA) is 97.4 Å². The van der Waals surface area contributed by atoms with Crippen molar-refractivity contribution in [1.82, 2.24) is 13.9 Å². The van der Waals surface area contributed by atoms with E-state index in [1.807, 2.05) is 62.6 Å². The fourth-order valence-electron chi connectivity index (χ4n) is 5.52. The molecule has 1 aliphatic heterocycles. The van der Waals surface area contributed by atoms with Gasteiger partial charge in [-0.25, -0.2) is 17.4 Å². The van der Waals surface area contributed by atoms with Gasteiger partial charge in [-0.3, -0.25) is 0 Å². The van der Waals surface area contributed by atoms with Crippen LogP contribution in [-0.4, -0.2) is 55.7 Å². The third-order valence-electron chi connectivity index (χ3n) is 7.54. The van der Waals surface area contributed by atoms with Gasteiger partial charge in [0.05, 0.1) is 29.4 Å². The van der Waals surface area contributed by atoms with Gasteiger partial charge in [0.25, 0.3) is 10.0 Å². The predicted octanol–water partition coefficient (Wildman–Crippen LogP) is 6.10. The van der Waals surface area contributed by atoms with Gasteiger partial charge in [-0.1, -0.05) is 42.5 Å². The van der Waals surface area contributed by atoms with E-state index in [4.69, 9.17) is 9.47 Å². The van der Waals surface area contributed by atoms with Gasteiger partial charge in [-0.15, -0.1) is 0 Å². The van der Waals surface area contributed by atoms with E-state index in [-0.39, 0.29) is 11.0 Å². The Hall–Kier alpha value is -4.49. The van der Waals surface area contributed by atoms with Crippen molar-refractivity contribution < 1.29 is 17.9 Å². The van der Waals surface area contributed by atoms with Crippen molar-refractivity contribution in [3.63, 3.8) is 0 Å². The largest absolute Gasteiger partial charge is 0.489 e. The molecule has 3 heterocycles. The summed E-state index contributed by atoms with van der Waals surface area (Å²) >= 11 is 0. The van der Waals surface area contributed by atoms with Gasteiger partial charge < -0.3 is 14.4 Å². The molecule has 5 aromatic rings. The maximum absolute atomic E-state index is 14.2. The van der Waals surface area contributed by atoms with Crippen LogP contribution in [0.2, 0.25) is 0 Å². The summed E-state index contributed by atoms with van der Waals surface area (Å²) in [6.07, 6.45) is 3.17. The third-order valence-corrected chi connectivity index (χ3v) is 9.26. The zero-order valence-electron chi connectivity index (χ0n) is 24.1. The molecular formula is C34H32N4O4S. The number of hydrogen-bond donors (Lipinski definition) is 0. The second-order valence-electron chi connectivity index (χ2n) is 10.9. The molecule has 0 unspecified atom stereocenters. The second-order valence-corrected chi connectivity index (χ2v) is 12.7. The molecule has 43 heavy (non-hydrogen) atoms. The summed E-state index contributed by atoms with van der Waals surface area (Å²) in [6.45, 7) is 1.99. The lowest BCUT2D eigenvalue weighted by Crippen LogP contribution is -2.26. The van der Waals surface area contributed by atoms with Gasteiger partial charge in [-0.2, -0.15) is 5.26 Å². The van der Waals surface area contributed by atoms with Crippen LogP contribution in [0.1, 0.15) is 24.0 Å². The van der Waals surface area contributed by atoms with E-state index >= 15 is 0 Å². The van der Waals surface area contributed by atoms with Gasteiger partial charge >= 0.3 is 0 Å². The Morgan fingerprint density at radius 1 is 0.977 bits per heavy atom. The number of rotatable bonds is 8. The van der Waals surface area contributed by atoms with Crippen LogP contribution in [0.3, 0.4) is 0 Å². The highest BCUT2D eigenvalue weighted by atomic mass is 32.2. The standard InChI is InChI=1S/C34H32N4O4S/c1-37(2)23-24-7-6-8-26(19-24)32-21-31-30(13-16-36-34(31)38(32)43(39,40)29-9-4-3-5-10-29)25-11-12-33(27(20-25)22-35)42-28-14-17-41-18-15-28/h3-13,16,19-21,28H,14-15,17-18,23H2,1-2H3. The zero-order chi connectivity index (χ0) is 30.0. The quantitative estimate of drug-likeness (QED) is 0.215. The highest BCUT2D eigenvalue weighted by Crippen LogP contribution is 2.38. The Morgan fingerprint density at radius 3 is 2.51 bits per heavy atom. The molecular weight excluding hydrogens is 560 g/mol. The van der Waals surface area contributed by atoms with Gasteiger partial charge in [0, 0.05) is 31.0 Å². The van der Waals surface area contributed by atoms with Crippen LogP contribution in [0.5, 0.6) is 5.75 Å². The fourth-order valence-corrected chi connectivity index (χ4v) is 7.03. The molecule has 0 amide bonds. The van der Waals surface area contributed by atoms with Crippen molar-refractivity contribution in [2.75, 3.05) is 27.3 Å². The first-order chi connectivity index (χ1) is 20.8. The van der Waals surface area contributed by atoms with Crippen LogP contribution in [-0.2, 0) is 21.3 Å². The Kier molecular flexibility index (Phi) is 8.00. The minimum Gasteiger partial charge on any atom is -0.489 e. The van der Waals surface area contributed by atoms with Crippen LogP contribution in [0, 0.1) is 11.3 Å². The zero-order valence-corrected chi connectivity index (χ0v) is 24.9. The number of pyridine rings is 1. The molecule has 1 fully saturated rings. The smallest absolute Gasteiger partial charge is 0.269 e. The van der Waals surface area contributed by atoms with Crippen molar-refractivity contribution in [2.24, 2.45) is 0 Å². The minimum atomic E-state index is -4.01. The Morgan fingerprint density at radius 2 is 1.77 bits per heavy atom. The lowest BCUT2D eigenvalue weighted by molar-refractivity contribution is 0.0254. The molecule has 0 spiro atoms. The van der Waals surface area contributed by atoms with Crippen molar-refractivity contribution in [2.45, 2.75) is 30.4 Å². The van der Waals surface area contributed by atoms with Crippen LogP contribution in [0.25, 0.3) is 33.4 Å². The number of benzene rings is 3. The molecule has 0 bridgehead atoms. The van der Waals surface area contributed by atoms with E-state index in [1.165, 1.54) is 3.97 Å². The molecule has 8 nitrogen and oxygen atoms in total. The number of hydrogen-bond acceptors (Lipinski definition) is 7. The average molecular weight is 593 g/mol. The van der Waals surface area contributed by atoms with Crippen LogP contribution in [0.15, 0.2) is 96.0 Å². The van der Waals surface area contributed by atoms with Gasteiger partial charge in [0.2, 0.25) is 0 Å². The van der Waals surface area contributed by atoms with Crippen molar-refractivity contribution in [3.05, 3.63) is 102 Å². The molecule has 3 aromatic carbocycles. The first-order valence-corrected chi connectivity index (χ1v) is 15.6. The molecule has 9 heteroatoms. The molecule has 0 aliphatic carbocycles. The number of nitriles is 1. The number of fused-ring (bicyclic) bond motifs is 1. The molecule has 0 atom stereocenters. The Balaban J connectivity index is 1.52. The van der Waals surface area contributed by atoms with Crippen LogP contribution in [0.4, 0.5) is 0 Å². The summed E-state index contributed by atoms with van der Waals surface area (Å²) in [5, 5.41) is 10.7. The molecule has 218 valence electrons. The molecule has 2 aromatic heterocycles. The van der Waals surface area contributed by atoms with E-state index in [0.29, 0.717) is 47.8 Å². The fraction of sp³-hybridized carbons (Fsp3) is 0.235. The summed E-state index contributed by atoms with van der Waals surface area (Å²) in [7, 11) is -0.0204. The molecule has 0 saturated carbocycles. The van der Waals surface area contributed by atoms with Gasteiger partial charge in [-0.05, 0) is 78.8 Å². The lowest BCUT2D eigenvalue weighted by atomic mass is 10.0. The van der Waals surface area contributed by atoms with Crippen molar-refractivity contribution in [3.8, 4) is 34.2 Å². The minimum absolute atomic E-state index is 0.00220. The second kappa shape index (κ2) is 12.0. The normalized spacial score (nSPS) is 14.2. The molecule has 1 aliphatic rings. The highest BCUT2D eigenvalue weighted by Gasteiger charge is 2.26. The van der Waals surface area contributed by atoms with Crippen LogP contribution < -0.4 is 4.74 Å². The summed E-state index contributed by atoms with van der Waals surface area (Å²) in [6, 6.07) is 27.8. The lowest BCUT2D eigenvalue weighted by Gasteiger charge is -2.23. The number of nitrogens with zero attached hydrogens (tertiary/aromatic N) is 4. The molecule has 0 radical (unpaired) electrons. The molecule has 0 N–H and O–H groups in total. The van der Waals surface area contributed by atoms with E-state index in [0.717, 1.165) is 35.1 Å². The Bertz CT molecular complexity index is 1920. The Labute approximate surface area is 251 Å². The summed E-state index contributed by atoms with van der Waals surface area (Å²) in [5.74, 6) is 0.533. The third kappa shape index (κ3) is 5.77. The van der Waals surface area contributed by atoms with Crippen LogP contribution >= 0.6 is 0 Å².